The molecule has 2 fully saturated rings. The summed E-state index contributed by atoms with van der Waals surface area (Å²) in [6.45, 7) is 0.940. The molecule has 21 heavy (non-hydrogen) atoms. The van der Waals surface area contributed by atoms with Gasteiger partial charge in [-0.15, -0.1) is 0 Å². The number of anilines is 1. The Labute approximate surface area is 126 Å². The summed E-state index contributed by atoms with van der Waals surface area (Å²) in [4.78, 5) is 13.3. The third-order valence-electron chi connectivity index (χ3n) is 4.19. The zero-order valence-electron chi connectivity index (χ0n) is 11.2. The number of hydrogen-bond acceptors (Lipinski definition) is 3. The SMILES string of the molecule is NC(=S)c1cc(F)c(N2CCCC3C(=O)NCC32)c(F)c1. The van der Waals surface area contributed by atoms with Crippen LogP contribution in [-0.2, 0) is 4.79 Å². The first kappa shape index (κ1) is 14.2. The van der Waals surface area contributed by atoms with E-state index in [1.54, 1.807) is 4.90 Å². The fraction of sp³-hybridized carbons (Fsp3) is 0.429. The van der Waals surface area contributed by atoms with Crippen molar-refractivity contribution >= 4 is 28.8 Å². The predicted octanol–water partition coefficient (Wildman–Crippen LogP) is 1.31. The van der Waals surface area contributed by atoms with Crippen molar-refractivity contribution in [2.75, 3.05) is 18.0 Å². The van der Waals surface area contributed by atoms with Crippen LogP contribution in [0.1, 0.15) is 18.4 Å². The van der Waals surface area contributed by atoms with Gasteiger partial charge in [0.15, 0.2) is 0 Å². The van der Waals surface area contributed by atoms with Gasteiger partial charge < -0.3 is 16.0 Å². The second-order valence-corrected chi connectivity index (χ2v) is 5.85. The molecule has 0 spiro atoms. The average Bonchev–Trinajstić information content (AvgIpc) is 2.80. The molecule has 0 aliphatic carbocycles. The summed E-state index contributed by atoms with van der Waals surface area (Å²) in [7, 11) is 0. The highest BCUT2D eigenvalue weighted by atomic mass is 32.1. The fourth-order valence-electron chi connectivity index (χ4n) is 3.21. The highest BCUT2D eigenvalue weighted by Gasteiger charge is 2.42. The number of thiocarbonyl (C=S) groups is 1. The molecule has 1 aromatic rings. The quantitative estimate of drug-likeness (QED) is 0.809. The number of benzene rings is 1. The van der Waals surface area contributed by atoms with Crippen LogP contribution in [0.2, 0.25) is 0 Å². The van der Waals surface area contributed by atoms with E-state index in [4.69, 9.17) is 18.0 Å². The van der Waals surface area contributed by atoms with Crippen molar-refractivity contribution in [3.05, 3.63) is 29.3 Å². The lowest BCUT2D eigenvalue weighted by atomic mass is 9.91. The van der Waals surface area contributed by atoms with Crippen molar-refractivity contribution in [2.45, 2.75) is 18.9 Å². The summed E-state index contributed by atoms with van der Waals surface area (Å²) in [5, 5.41) is 2.76. The summed E-state index contributed by atoms with van der Waals surface area (Å²) in [6.07, 6.45) is 1.48. The number of halogens is 2. The topological polar surface area (TPSA) is 58.4 Å². The summed E-state index contributed by atoms with van der Waals surface area (Å²) in [6, 6.07) is 2.09. The molecule has 3 rings (SSSR count). The van der Waals surface area contributed by atoms with Gasteiger partial charge in [-0.2, -0.15) is 0 Å². The molecule has 2 aliphatic heterocycles. The van der Waals surface area contributed by atoms with Gasteiger partial charge in [-0.3, -0.25) is 4.79 Å². The number of hydrogen-bond donors (Lipinski definition) is 2. The van der Waals surface area contributed by atoms with E-state index in [1.165, 1.54) is 0 Å². The Morgan fingerprint density at radius 2 is 2.05 bits per heavy atom. The van der Waals surface area contributed by atoms with Gasteiger partial charge in [-0.1, -0.05) is 12.2 Å². The molecule has 2 aliphatic rings. The number of nitrogens with one attached hydrogen (secondary N) is 1. The molecular formula is C14H15F2N3OS. The van der Waals surface area contributed by atoms with E-state index < -0.39 is 11.6 Å². The van der Waals surface area contributed by atoms with Crippen molar-refractivity contribution in [3.63, 3.8) is 0 Å². The molecule has 2 atom stereocenters. The summed E-state index contributed by atoms with van der Waals surface area (Å²) in [5.41, 5.74) is 5.48. The minimum Gasteiger partial charge on any atom is -0.389 e. The van der Waals surface area contributed by atoms with Crippen LogP contribution in [0, 0.1) is 17.6 Å². The van der Waals surface area contributed by atoms with Gasteiger partial charge in [-0.05, 0) is 25.0 Å². The highest BCUT2D eigenvalue weighted by Crippen LogP contribution is 2.35. The van der Waals surface area contributed by atoms with Crippen LogP contribution in [0.15, 0.2) is 12.1 Å². The molecule has 0 bridgehead atoms. The third-order valence-corrected chi connectivity index (χ3v) is 4.43. The van der Waals surface area contributed by atoms with Crippen molar-refractivity contribution in [1.82, 2.24) is 5.32 Å². The normalized spacial score (nSPS) is 24.7. The molecule has 4 nitrogen and oxygen atoms in total. The first-order valence-corrected chi connectivity index (χ1v) is 7.23. The molecule has 112 valence electrons. The smallest absolute Gasteiger partial charge is 0.225 e. The van der Waals surface area contributed by atoms with Crippen LogP contribution < -0.4 is 16.0 Å². The lowest BCUT2D eigenvalue weighted by molar-refractivity contribution is -0.123. The monoisotopic (exact) mass is 311 g/mol. The van der Waals surface area contributed by atoms with E-state index in [0.29, 0.717) is 13.1 Å². The van der Waals surface area contributed by atoms with Gasteiger partial charge in [0.05, 0.1) is 12.0 Å². The molecule has 1 amide bonds. The van der Waals surface area contributed by atoms with Crippen LogP contribution in [-0.4, -0.2) is 30.0 Å². The maximum absolute atomic E-state index is 14.3. The minimum absolute atomic E-state index is 0.0368. The average molecular weight is 311 g/mol. The fourth-order valence-corrected chi connectivity index (χ4v) is 3.33. The van der Waals surface area contributed by atoms with Crippen LogP contribution in [0.4, 0.5) is 14.5 Å². The van der Waals surface area contributed by atoms with Crippen LogP contribution in [0.25, 0.3) is 0 Å². The zero-order valence-corrected chi connectivity index (χ0v) is 12.1. The molecule has 7 heteroatoms. The molecule has 3 N–H and O–H groups in total. The number of nitrogens with two attached hydrogens (primary N) is 1. The van der Waals surface area contributed by atoms with E-state index in [0.717, 1.165) is 25.0 Å². The van der Waals surface area contributed by atoms with E-state index >= 15 is 0 Å². The number of carbonyl (C=O) groups excluding carboxylic acids is 1. The number of nitrogens with zero attached hydrogens (tertiary/aromatic N) is 1. The van der Waals surface area contributed by atoms with Gasteiger partial charge in [-0.25, -0.2) is 8.78 Å². The number of piperidine rings is 1. The first-order chi connectivity index (χ1) is 9.99. The lowest BCUT2D eigenvalue weighted by Crippen LogP contribution is -2.46. The Hall–Kier alpha value is -1.76. The first-order valence-electron chi connectivity index (χ1n) is 6.82. The second kappa shape index (κ2) is 5.22. The number of carbonyl (C=O) groups is 1. The maximum Gasteiger partial charge on any atom is 0.225 e. The molecule has 0 radical (unpaired) electrons. The Bertz CT molecular complexity index is 599. The van der Waals surface area contributed by atoms with Gasteiger partial charge in [0.25, 0.3) is 0 Å². The van der Waals surface area contributed by atoms with Crippen LogP contribution in [0.3, 0.4) is 0 Å². The molecule has 1 aromatic carbocycles. The Balaban J connectivity index is 2.00. The zero-order chi connectivity index (χ0) is 15.1. The van der Waals surface area contributed by atoms with Crippen molar-refractivity contribution < 1.29 is 13.6 Å². The summed E-state index contributed by atoms with van der Waals surface area (Å²) < 4.78 is 28.6. The Morgan fingerprint density at radius 3 is 2.67 bits per heavy atom. The third kappa shape index (κ3) is 2.35. The summed E-state index contributed by atoms with van der Waals surface area (Å²) in [5.74, 6) is -1.63. The summed E-state index contributed by atoms with van der Waals surface area (Å²) >= 11 is 4.75. The van der Waals surface area contributed by atoms with Gasteiger partial charge in [0, 0.05) is 18.7 Å². The maximum atomic E-state index is 14.3. The second-order valence-electron chi connectivity index (χ2n) is 5.41. The van der Waals surface area contributed by atoms with E-state index in [9.17, 15) is 13.6 Å². The number of amides is 1. The Morgan fingerprint density at radius 1 is 1.38 bits per heavy atom. The molecule has 0 aromatic heterocycles. The predicted molar refractivity (Wildman–Crippen MR) is 79.1 cm³/mol. The molecule has 0 saturated carbocycles. The van der Waals surface area contributed by atoms with E-state index in [2.05, 4.69) is 5.32 Å². The molecular weight excluding hydrogens is 296 g/mol. The van der Waals surface area contributed by atoms with E-state index in [1.807, 2.05) is 0 Å². The van der Waals surface area contributed by atoms with Crippen molar-refractivity contribution in [2.24, 2.45) is 11.7 Å². The standard InChI is InChI=1S/C14H15F2N3OS/c15-9-4-7(13(17)21)5-10(16)12(9)19-3-1-2-8-11(19)6-18-14(8)20/h4-5,8,11H,1-3,6H2,(H2,17,21)(H,18,20). The van der Waals surface area contributed by atoms with E-state index in [-0.39, 0.29) is 34.1 Å². The largest absolute Gasteiger partial charge is 0.389 e. The van der Waals surface area contributed by atoms with Gasteiger partial charge >= 0.3 is 0 Å². The molecule has 2 saturated heterocycles. The number of rotatable bonds is 2. The number of fused-ring (bicyclic) bond motifs is 1. The Kier molecular flexibility index (Phi) is 3.52. The minimum atomic E-state index is -0.696. The van der Waals surface area contributed by atoms with Gasteiger partial charge in [0.1, 0.15) is 22.3 Å². The van der Waals surface area contributed by atoms with Crippen LogP contribution >= 0.6 is 12.2 Å². The lowest BCUT2D eigenvalue weighted by Gasteiger charge is -2.38. The molecule has 2 unspecified atom stereocenters. The molecule has 2 heterocycles. The van der Waals surface area contributed by atoms with Crippen molar-refractivity contribution in [3.8, 4) is 0 Å². The highest BCUT2D eigenvalue weighted by molar-refractivity contribution is 7.80. The van der Waals surface area contributed by atoms with Crippen molar-refractivity contribution in [1.29, 1.82) is 0 Å². The van der Waals surface area contributed by atoms with Gasteiger partial charge in [0.2, 0.25) is 5.91 Å². The van der Waals surface area contributed by atoms with Crippen LogP contribution in [0.5, 0.6) is 0 Å².